The highest BCUT2D eigenvalue weighted by Crippen LogP contribution is 2.33. The van der Waals surface area contributed by atoms with Crippen LogP contribution in [0.1, 0.15) is 0 Å². The number of rotatable bonds is 4. The van der Waals surface area contributed by atoms with Crippen molar-refractivity contribution in [1.82, 2.24) is 19.9 Å². The Hall–Kier alpha value is -1.98. The second-order valence-electron chi connectivity index (χ2n) is 3.99. The van der Waals surface area contributed by atoms with Gasteiger partial charge in [-0.1, -0.05) is 6.07 Å². The van der Waals surface area contributed by atoms with Gasteiger partial charge >= 0.3 is 0 Å². The minimum absolute atomic E-state index is 0.0929. The molecule has 3 aromatic rings. The van der Waals surface area contributed by atoms with Crippen LogP contribution in [0.5, 0.6) is 0 Å². The van der Waals surface area contributed by atoms with E-state index in [1.807, 2.05) is 17.5 Å². The number of nitrogens with zero attached hydrogens (tertiary/aromatic N) is 5. The third kappa shape index (κ3) is 2.82. The van der Waals surface area contributed by atoms with E-state index in [4.69, 9.17) is 5.84 Å². The molecule has 3 heterocycles. The zero-order valence-electron chi connectivity index (χ0n) is 10.7. The van der Waals surface area contributed by atoms with Crippen molar-refractivity contribution in [3.63, 3.8) is 0 Å². The molecular weight excluding hydrogens is 392 g/mol. The molecule has 0 radical (unpaired) electrons. The molecule has 11 heteroatoms. The number of nitrogen functional groups attached to an aromatic ring is 1. The van der Waals surface area contributed by atoms with Crippen molar-refractivity contribution >= 4 is 44.7 Å². The molecule has 3 rings (SSSR count). The average Bonchev–Trinajstić information content (AvgIpc) is 3.11. The number of pyridine rings is 1. The maximum atomic E-state index is 10.7. The van der Waals surface area contributed by atoms with Crippen molar-refractivity contribution in [2.24, 2.45) is 0 Å². The Balaban J connectivity index is 1.90. The van der Waals surface area contributed by atoms with E-state index >= 15 is 0 Å². The van der Waals surface area contributed by atoms with E-state index < -0.39 is 4.92 Å². The molecule has 112 valence electrons. The van der Waals surface area contributed by atoms with E-state index in [1.54, 1.807) is 0 Å². The van der Waals surface area contributed by atoms with Crippen molar-refractivity contribution in [2.45, 2.75) is 10.2 Å². The first kappa shape index (κ1) is 14.9. The minimum Gasteiger partial charge on any atom is -0.335 e. The van der Waals surface area contributed by atoms with Gasteiger partial charge in [-0.15, -0.1) is 21.5 Å². The zero-order valence-corrected chi connectivity index (χ0v) is 13.9. The summed E-state index contributed by atoms with van der Waals surface area (Å²) in [6.07, 6.45) is 1.19. The summed E-state index contributed by atoms with van der Waals surface area (Å²) in [4.78, 5) is 15.1. The molecule has 0 aliphatic carbocycles. The molecular formula is C11H7BrN6O2S2. The normalized spacial score (nSPS) is 10.8. The van der Waals surface area contributed by atoms with Crippen LogP contribution in [0.15, 0.2) is 44.4 Å². The second kappa shape index (κ2) is 6.02. The number of aromatic nitrogens is 4. The van der Waals surface area contributed by atoms with Crippen molar-refractivity contribution in [3.05, 3.63) is 44.4 Å². The molecule has 0 atom stereocenters. The van der Waals surface area contributed by atoms with Crippen LogP contribution in [0.4, 0.5) is 5.69 Å². The van der Waals surface area contributed by atoms with Crippen molar-refractivity contribution in [1.29, 1.82) is 0 Å². The van der Waals surface area contributed by atoms with Gasteiger partial charge in [-0.3, -0.25) is 10.1 Å². The fourth-order valence-electron chi connectivity index (χ4n) is 1.60. The van der Waals surface area contributed by atoms with Crippen LogP contribution in [0.25, 0.3) is 10.7 Å². The predicted octanol–water partition coefficient (Wildman–Crippen LogP) is 2.94. The molecule has 0 unspecified atom stereocenters. The number of thiophene rings is 1. The molecule has 0 amide bonds. The standard InChI is InChI=1S/C11H7BrN6O2S2/c12-7-4-6(18(19)20)5-14-10(7)22-11-16-15-9(17(11)13)8-2-1-3-21-8/h1-5H,13H2. The fraction of sp³-hybridized carbons (Fsp3) is 0. The van der Waals surface area contributed by atoms with Crippen LogP contribution < -0.4 is 5.84 Å². The van der Waals surface area contributed by atoms with Gasteiger partial charge in [0.2, 0.25) is 5.16 Å². The Labute approximate surface area is 140 Å². The first-order valence-corrected chi connectivity index (χ1v) is 8.27. The van der Waals surface area contributed by atoms with E-state index in [2.05, 4.69) is 31.1 Å². The Bertz CT molecular complexity index is 835. The summed E-state index contributed by atoms with van der Waals surface area (Å²) in [5, 5.41) is 21.7. The van der Waals surface area contributed by atoms with Crippen molar-refractivity contribution in [2.75, 3.05) is 5.84 Å². The third-order valence-electron chi connectivity index (χ3n) is 2.60. The molecule has 0 saturated carbocycles. The molecule has 0 bridgehead atoms. The fourth-order valence-corrected chi connectivity index (χ4v) is 3.58. The van der Waals surface area contributed by atoms with Crippen LogP contribution >= 0.6 is 39.0 Å². The number of nitro groups is 1. The van der Waals surface area contributed by atoms with Gasteiger partial charge in [-0.25, -0.2) is 9.66 Å². The van der Waals surface area contributed by atoms with Crippen LogP contribution in [0.2, 0.25) is 0 Å². The van der Waals surface area contributed by atoms with E-state index in [-0.39, 0.29) is 5.69 Å². The summed E-state index contributed by atoms with van der Waals surface area (Å²) in [5.74, 6) is 6.55. The largest absolute Gasteiger partial charge is 0.335 e. The van der Waals surface area contributed by atoms with Gasteiger partial charge < -0.3 is 5.84 Å². The van der Waals surface area contributed by atoms with Gasteiger partial charge in [-0.2, -0.15) is 0 Å². The highest BCUT2D eigenvalue weighted by molar-refractivity contribution is 9.10. The van der Waals surface area contributed by atoms with E-state index in [9.17, 15) is 10.1 Å². The average molecular weight is 399 g/mol. The summed E-state index contributed by atoms with van der Waals surface area (Å²) in [5.41, 5.74) is -0.0929. The summed E-state index contributed by atoms with van der Waals surface area (Å²) in [6, 6.07) is 5.18. The highest BCUT2D eigenvalue weighted by atomic mass is 79.9. The van der Waals surface area contributed by atoms with Crippen LogP contribution in [0, 0.1) is 10.1 Å². The second-order valence-corrected chi connectivity index (χ2v) is 6.75. The maximum Gasteiger partial charge on any atom is 0.288 e. The van der Waals surface area contributed by atoms with Crippen LogP contribution in [-0.4, -0.2) is 24.8 Å². The molecule has 2 N–H and O–H groups in total. The summed E-state index contributed by atoms with van der Waals surface area (Å²) in [7, 11) is 0. The quantitative estimate of drug-likeness (QED) is 0.408. The molecule has 22 heavy (non-hydrogen) atoms. The molecule has 0 aliphatic rings. The van der Waals surface area contributed by atoms with Gasteiger partial charge in [0.1, 0.15) is 11.2 Å². The van der Waals surface area contributed by atoms with Gasteiger partial charge in [0.15, 0.2) is 5.82 Å². The Kier molecular flexibility index (Phi) is 4.09. The molecule has 0 fully saturated rings. The highest BCUT2D eigenvalue weighted by Gasteiger charge is 2.17. The Morgan fingerprint density at radius 2 is 2.27 bits per heavy atom. The SMILES string of the molecule is Nn1c(Sc2ncc([N+](=O)[O-])cc2Br)nnc1-c1cccs1. The minimum atomic E-state index is -0.507. The lowest BCUT2D eigenvalue weighted by Crippen LogP contribution is -2.11. The lowest BCUT2D eigenvalue weighted by Gasteiger charge is -2.03. The van der Waals surface area contributed by atoms with Gasteiger partial charge in [0.25, 0.3) is 5.69 Å². The van der Waals surface area contributed by atoms with Gasteiger partial charge in [0, 0.05) is 6.07 Å². The number of halogens is 1. The molecule has 0 saturated heterocycles. The molecule has 0 aromatic carbocycles. The monoisotopic (exact) mass is 398 g/mol. The Morgan fingerprint density at radius 3 is 2.91 bits per heavy atom. The van der Waals surface area contributed by atoms with Gasteiger partial charge in [0.05, 0.1) is 14.3 Å². The summed E-state index contributed by atoms with van der Waals surface area (Å²) >= 11 is 5.93. The Morgan fingerprint density at radius 1 is 1.45 bits per heavy atom. The first-order chi connectivity index (χ1) is 10.6. The van der Waals surface area contributed by atoms with Crippen LogP contribution in [-0.2, 0) is 0 Å². The first-order valence-electron chi connectivity index (χ1n) is 5.78. The maximum absolute atomic E-state index is 10.7. The van der Waals surface area contributed by atoms with Gasteiger partial charge in [-0.05, 0) is 39.1 Å². The van der Waals surface area contributed by atoms with Crippen molar-refractivity contribution in [3.8, 4) is 10.7 Å². The van der Waals surface area contributed by atoms with E-state index in [0.29, 0.717) is 20.5 Å². The number of hydrogen-bond acceptors (Lipinski definition) is 8. The van der Waals surface area contributed by atoms with Crippen molar-refractivity contribution < 1.29 is 4.92 Å². The third-order valence-corrected chi connectivity index (χ3v) is 5.31. The summed E-state index contributed by atoms with van der Waals surface area (Å²) in [6.45, 7) is 0. The number of hydrogen-bond donors (Lipinski definition) is 1. The van der Waals surface area contributed by atoms with E-state index in [1.165, 1.54) is 40.0 Å². The molecule has 8 nitrogen and oxygen atoms in total. The molecule has 0 spiro atoms. The predicted molar refractivity (Wildman–Crippen MR) is 86.2 cm³/mol. The number of nitrogens with two attached hydrogens (primary N) is 1. The van der Waals surface area contributed by atoms with E-state index in [0.717, 1.165) is 4.88 Å². The smallest absolute Gasteiger partial charge is 0.288 e. The topological polar surface area (TPSA) is 113 Å². The summed E-state index contributed by atoms with van der Waals surface area (Å²) < 4.78 is 1.86. The molecule has 3 aromatic heterocycles. The lowest BCUT2D eigenvalue weighted by atomic mass is 10.4. The van der Waals surface area contributed by atoms with Crippen LogP contribution in [0.3, 0.4) is 0 Å². The zero-order chi connectivity index (χ0) is 15.7. The molecule has 0 aliphatic heterocycles. The lowest BCUT2D eigenvalue weighted by molar-refractivity contribution is -0.385.